The highest BCUT2D eigenvalue weighted by atomic mass is 16.6. The summed E-state index contributed by atoms with van der Waals surface area (Å²) in [6.07, 6.45) is 5.43. The van der Waals surface area contributed by atoms with Gasteiger partial charge in [-0.2, -0.15) is 21.0 Å². The molecule has 0 saturated heterocycles. The maximum Gasteiger partial charge on any atom is 0.415 e. The zero-order valence-electron chi connectivity index (χ0n) is 43.7. The second-order valence-electron chi connectivity index (χ2n) is 18.8. The molecule has 0 bridgehead atoms. The Morgan fingerprint density at radius 1 is 0.579 bits per heavy atom. The van der Waals surface area contributed by atoms with E-state index in [9.17, 15) is 29.7 Å². The van der Waals surface area contributed by atoms with Crippen molar-refractivity contribution in [1.82, 2.24) is 9.97 Å². The van der Waals surface area contributed by atoms with Crippen LogP contribution in [0.1, 0.15) is 113 Å². The largest absolute Gasteiger partial charge is 0.486 e. The van der Waals surface area contributed by atoms with E-state index in [1.54, 1.807) is 153 Å². The summed E-state index contributed by atoms with van der Waals surface area (Å²) < 4.78 is 28.2. The number of amides is 2. The van der Waals surface area contributed by atoms with Crippen molar-refractivity contribution >= 4 is 41.9 Å². The number of benzene rings is 4. The Hall–Kier alpha value is -9.84. The molecule has 0 N–H and O–H groups in total. The van der Waals surface area contributed by atoms with Crippen LogP contribution in [0.3, 0.4) is 0 Å². The van der Waals surface area contributed by atoms with Crippen molar-refractivity contribution in [3.8, 4) is 35.8 Å². The number of hydrogen-bond donors (Lipinski definition) is 0. The summed E-state index contributed by atoms with van der Waals surface area (Å²) in [6, 6.07) is 35.4. The van der Waals surface area contributed by atoms with Crippen molar-refractivity contribution < 1.29 is 42.9 Å². The number of anilines is 2. The molecule has 6 aromatic rings. The Bertz CT molecular complexity index is 3280. The highest BCUT2D eigenvalue weighted by Gasteiger charge is 2.28. The number of carbonyl (C=O) groups is 4. The quantitative estimate of drug-likeness (QED) is 0.0402. The molecule has 0 unspecified atom stereocenters. The summed E-state index contributed by atoms with van der Waals surface area (Å²) >= 11 is 0. The Balaban J connectivity index is 0.000000282. The maximum absolute atomic E-state index is 13.3. The van der Waals surface area contributed by atoms with Gasteiger partial charge in [0.15, 0.2) is 12.0 Å². The lowest BCUT2D eigenvalue weighted by Gasteiger charge is -2.28. The Morgan fingerprint density at radius 2 is 0.974 bits per heavy atom. The van der Waals surface area contributed by atoms with Gasteiger partial charge < -0.3 is 23.7 Å². The summed E-state index contributed by atoms with van der Waals surface area (Å²) in [5, 5.41) is 36.7. The number of hydrogen-bond acceptors (Lipinski definition) is 15. The number of aromatic nitrogens is 2. The molecule has 386 valence electrons. The molecular weight excluding hydrogens is 965 g/mol. The van der Waals surface area contributed by atoms with Crippen LogP contribution in [-0.2, 0) is 45.3 Å². The Labute approximate surface area is 442 Å². The second kappa shape index (κ2) is 26.2. The third-order valence-electron chi connectivity index (χ3n) is 10.8. The zero-order chi connectivity index (χ0) is 55.6. The molecule has 0 atom stereocenters. The number of aldehydes is 1. The Kier molecular flexibility index (Phi) is 19.7. The predicted octanol–water partition coefficient (Wildman–Crippen LogP) is 11.3. The normalized spacial score (nSPS) is 10.8. The van der Waals surface area contributed by atoms with Gasteiger partial charge in [-0.1, -0.05) is 24.3 Å². The maximum atomic E-state index is 13.3. The topological polar surface area (TPSA) is 242 Å². The van der Waals surface area contributed by atoms with Crippen molar-refractivity contribution in [2.45, 2.75) is 92.9 Å². The number of ether oxygens (including phenoxy) is 5. The fourth-order valence-corrected chi connectivity index (χ4v) is 7.14. The zero-order valence-corrected chi connectivity index (χ0v) is 43.7. The van der Waals surface area contributed by atoms with E-state index in [1.165, 1.54) is 29.2 Å². The average molecular weight is 1020 g/mol. The van der Waals surface area contributed by atoms with E-state index in [0.717, 1.165) is 11.1 Å². The summed E-state index contributed by atoms with van der Waals surface area (Å²) in [5.74, 6) is 0.141. The first-order valence-corrected chi connectivity index (χ1v) is 23.6. The fourth-order valence-electron chi connectivity index (χ4n) is 7.14. The fraction of sp³-hybridized carbons (Fsp3) is 0.254. The number of rotatable bonds is 15. The average Bonchev–Trinajstić information content (AvgIpc) is 3.40. The molecule has 0 spiro atoms. The molecule has 2 amide bonds. The van der Waals surface area contributed by atoms with Gasteiger partial charge in [0, 0.05) is 46.5 Å². The molecule has 17 nitrogen and oxygen atoms in total. The molecular formula is C59H56N8O9. The first-order valence-electron chi connectivity index (χ1n) is 23.6. The lowest BCUT2D eigenvalue weighted by atomic mass is 10.1. The molecule has 0 aliphatic heterocycles. The van der Waals surface area contributed by atoms with Crippen LogP contribution in [-0.4, -0.2) is 52.7 Å². The minimum atomic E-state index is -0.757. The van der Waals surface area contributed by atoms with Gasteiger partial charge in [-0.15, -0.1) is 0 Å². The van der Waals surface area contributed by atoms with E-state index < -0.39 is 29.4 Å². The molecule has 0 aliphatic rings. The van der Waals surface area contributed by atoms with E-state index >= 15 is 0 Å². The van der Waals surface area contributed by atoms with Crippen LogP contribution < -0.4 is 19.3 Å². The van der Waals surface area contributed by atoms with Crippen LogP contribution in [0, 0.1) is 59.2 Å². The molecule has 6 rings (SSSR count). The summed E-state index contributed by atoms with van der Waals surface area (Å²) in [5.41, 5.74) is 5.86. The van der Waals surface area contributed by atoms with Gasteiger partial charge in [0.1, 0.15) is 30.2 Å². The van der Waals surface area contributed by atoms with Crippen molar-refractivity contribution in [2.75, 3.05) is 16.9 Å². The van der Waals surface area contributed by atoms with Crippen molar-refractivity contribution in [1.29, 1.82) is 21.0 Å². The SMILES string of the molecule is COC(=O)/C=C/c1c(CN(C(=O)OC(C)(C)C)c2ccc(C#N)cc2)cnc(C)c1OCc1cccc(C#N)c1.Cc1ncc(CN(C(=O)OC(C)(C)C)c2ccc(C#N)cc2)c(C=O)c1OCc1cccc(C#N)c1. The minimum absolute atomic E-state index is 0.0115. The third kappa shape index (κ3) is 16.3. The summed E-state index contributed by atoms with van der Waals surface area (Å²) in [6.45, 7) is 14.4. The highest BCUT2D eigenvalue weighted by molar-refractivity contribution is 5.91. The highest BCUT2D eigenvalue weighted by Crippen LogP contribution is 2.32. The number of methoxy groups -OCH3 is 1. The molecule has 76 heavy (non-hydrogen) atoms. The Morgan fingerprint density at radius 3 is 1.34 bits per heavy atom. The molecule has 0 saturated carbocycles. The minimum Gasteiger partial charge on any atom is -0.486 e. The van der Waals surface area contributed by atoms with Gasteiger partial charge in [-0.25, -0.2) is 14.4 Å². The summed E-state index contributed by atoms with van der Waals surface area (Å²) in [7, 11) is 1.28. The number of pyridine rings is 2. The van der Waals surface area contributed by atoms with Crippen LogP contribution in [0.2, 0.25) is 0 Å². The smallest absolute Gasteiger partial charge is 0.415 e. The van der Waals surface area contributed by atoms with E-state index in [1.807, 2.05) is 12.1 Å². The monoisotopic (exact) mass is 1020 g/mol. The van der Waals surface area contributed by atoms with Gasteiger partial charge in [0.2, 0.25) is 0 Å². The van der Waals surface area contributed by atoms with Gasteiger partial charge in [0.05, 0.1) is 83.7 Å². The van der Waals surface area contributed by atoms with E-state index in [-0.39, 0.29) is 31.9 Å². The number of carbonyl (C=O) groups excluding carboxylic acids is 4. The van der Waals surface area contributed by atoms with Crippen LogP contribution in [0.5, 0.6) is 11.5 Å². The second-order valence-corrected chi connectivity index (χ2v) is 18.8. The molecule has 0 fully saturated rings. The van der Waals surface area contributed by atoms with Crippen LogP contribution >= 0.6 is 0 Å². The molecule has 2 aromatic heterocycles. The van der Waals surface area contributed by atoms with E-state index in [2.05, 4.69) is 34.2 Å². The molecule has 0 aliphatic carbocycles. The lowest BCUT2D eigenvalue weighted by Crippen LogP contribution is -2.36. The first-order chi connectivity index (χ1) is 36.2. The standard InChI is InChI=1S/C31H30N4O5.C28H26N4O4/c1-21-29(39-20-24-8-6-7-23(15-24)17-33)27(13-14-28(36)38-5)25(18-34-21)19-35(30(37)40-31(2,3)4)26-11-9-22(16-32)10-12-26;1-19-26(35-18-22-7-5-6-21(12-22)14-30)25(17-33)23(15-31-19)16-32(27(34)36-28(2,3)4)24-10-8-20(13-29)9-11-24/h6-15,18H,19-20H2,1-5H3;5-12,15,17H,16,18H2,1-4H3/b14-13+;. The van der Waals surface area contributed by atoms with Crippen LogP contribution in [0.25, 0.3) is 6.08 Å². The van der Waals surface area contributed by atoms with Crippen LogP contribution in [0.15, 0.2) is 116 Å². The number of esters is 1. The first kappa shape index (κ1) is 57.1. The van der Waals surface area contributed by atoms with Gasteiger partial charge in [-0.05, 0) is 145 Å². The lowest BCUT2D eigenvalue weighted by molar-refractivity contribution is -0.134. The van der Waals surface area contributed by atoms with Gasteiger partial charge >= 0.3 is 18.2 Å². The van der Waals surface area contributed by atoms with Gasteiger partial charge in [-0.3, -0.25) is 24.6 Å². The molecule has 2 heterocycles. The van der Waals surface area contributed by atoms with E-state index in [4.69, 9.17) is 34.2 Å². The predicted molar refractivity (Wildman–Crippen MR) is 283 cm³/mol. The van der Waals surface area contributed by atoms with Crippen LogP contribution in [0.4, 0.5) is 21.0 Å². The molecule has 17 heteroatoms. The summed E-state index contributed by atoms with van der Waals surface area (Å²) in [4.78, 5) is 62.3. The third-order valence-corrected chi connectivity index (χ3v) is 10.8. The number of nitriles is 4. The van der Waals surface area contributed by atoms with E-state index in [0.29, 0.717) is 79.5 Å². The van der Waals surface area contributed by atoms with Crippen molar-refractivity contribution in [3.05, 3.63) is 183 Å². The number of aryl methyl sites for hydroxylation is 2. The molecule has 0 radical (unpaired) electrons. The number of nitrogens with zero attached hydrogens (tertiary/aromatic N) is 8. The van der Waals surface area contributed by atoms with Crippen molar-refractivity contribution in [3.63, 3.8) is 0 Å². The van der Waals surface area contributed by atoms with Gasteiger partial charge in [0.25, 0.3) is 0 Å². The molecule has 4 aromatic carbocycles. The van der Waals surface area contributed by atoms with Crippen molar-refractivity contribution in [2.24, 2.45) is 0 Å².